The topological polar surface area (TPSA) is 8.17 Å². The van der Waals surface area contributed by atoms with Crippen molar-refractivity contribution in [2.45, 2.75) is 57.8 Å². The second-order valence-corrected chi connectivity index (χ2v) is 19.0. The van der Waals surface area contributed by atoms with Crippen molar-refractivity contribution in [3.05, 3.63) is 256 Å². The maximum atomic E-state index is 2.49. The summed E-state index contributed by atoms with van der Waals surface area (Å²) in [6.07, 6.45) is 25.3. The van der Waals surface area contributed by atoms with Crippen LogP contribution >= 0.6 is 0 Å². The molecule has 2 nitrogen and oxygen atoms in total. The summed E-state index contributed by atoms with van der Waals surface area (Å²) in [5.41, 5.74) is 27.4. The Morgan fingerprint density at radius 3 is 2.03 bits per heavy atom. The summed E-state index contributed by atoms with van der Waals surface area (Å²) in [5.74, 6) is 0. The molecule has 0 bridgehead atoms. The Morgan fingerprint density at radius 2 is 1.21 bits per heavy atom. The van der Waals surface area contributed by atoms with Gasteiger partial charge in [0.05, 0.1) is 10.9 Å². The number of benzene rings is 7. The number of aryl methyl sites for hydroxylation is 2. The SMILES string of the molecule is CC1=C(c2ccc(N(C=Cc3cccc4c3C3(C5=C(C=CCC5)c5ccccc53)c3ccccc3-4)c3ccc4c5c(n(-c6ccc(-c7ccccc7)cc6)c4c3)C=CCC5)cc2C)C=CCC1. The Morgan fingerprint density at radius 1 is 0.537 bits per heavy atom. The Kier molecular flexibility index (Phi) is 9.32. The highest BCUT2D eigenvalue weighted by Gasteiger charge is 2.53. The molecule has 0 saturated heterocycles. The van der Waals surface area contributed by atoms with Gasteiger partial charge in [0.25, 0.3) is 0 Å². The summed E-state index contributed by atoms with van der Waals surface area (Å²) in [7, 11) is 0. The van der Waals surface area contributed by atoms with E-state index in [-0.39, 0.29) is 5.41 Å². The van der Waals surface area contributed by atoms with Crippen molar-refractivity contribution >= 4 is 45.6 Å². The van der Waals surface area contributed by atoms with Crippen LogP contribution in [0.4, 0.5) is 11.4 Å². The first kappa shape index (κ1) is 39.7. The van der Waals surface area contributed by atoms with Crippen molar-refractivity contribution in [3.63, 3.8) is 0 Å². The van der Waals surface area contributed by atoms with Crippen molar-refractivity contribution in [2.75, 3.05) is 4.90 Å². The molecule has 1 atom stereocenters. The van der Waals surface area contributed by atoms with E-state index in [1.165, 1.54) is 111 Å². The number of hydrogen-bond acceptors (Lipinski definition) is 1. The molecule has 1 unspecified atom stereocenters. The van der Waals surface area contributed by atoms with Gasteiger partial charge in [0, 0.05) is 34.3 Å². The van der Waals surface area contributed by atoms with Crippen LogP contribution in [0.2, 0.25) is 0 Å². The first-order chi connectivity index (χ1) is 33.1. The van der Waals surface area contributed by atoms with E-state index in [9.17, 15) is 0 Å². The van der Waals surface area contributed by atoms with Gasteiger partial charge in [-0.2, -0.15) is 0 Å². The zero-order valence-electron chi connectivity index (χ0n) is 38.3. The summed E-state index contributed by atoms with van der Waals surface area (Å²) < 4.78 is 2.49. The van der Waals surface area contributed by atoms with Gasteiger partial charge in [-0.15, -0.1) is 0 Å². The van der Waals surface area contributed by atoms with Gasteiger partial charge in [0.15, 0.2) is 0 Å². The van der Waals surface area contributed by atoms with Crippen LogP contribution in [0.3, 0.4) is 0 Å². The molecule has 5 aliphatic carbocycles. The van der Waals surface area contributed by atoms with E-state index in [1.807, 2.05) is 0 Å². The van der Waals surface area contributed by atoms with Crippen LogP contribution in [0.25, 0.3) is 62.1 Å². The molecule has 1 spiro atoms. The lowest BCUT2D eigenvalue weighted by Gasteiger charge is -2.34. The normalized spacial score (nSPS) is 17.6. The maximum Gasteiger partial charge on any atom is 0.0694 e. The van der Waals surface area contributed by atoms with Crippen molar-refractivity contribution in [1.82, 2.24) is 4.57 Å². The number of anilines is 2. The van der Waals surface area contributed by atoms with Crippen molar-refractivity contribution in [3.8, 4) is 27.9 Å². The van der Waals surface area contributed by atoms with E-state index in [0.29, 0.717) is 0 Å². The quantitative estimate of drug-likeness (QED) is 0.155. The fraction of sp³-hybridized carbons (Fsp3) is 0.138. The second-order valence-electron chi connectivity index (χ2n) is 19.0. The van der Waals surface area contributed by atoms with E-state index < -0.39 is 0 Å². The number of aromatic nitrogens is 1. The van der Waals surface area contributed by atoms with Gasteiger partial charge in [-0.3, -0.25) is 0 Å². The lowest BCUT2D eigenvalue weighted by atomic mass is 9.67. The van der Waals surface area contributed by atoms with Crippen molar-refractivity contribution in [2.24, 2.45) is 0 Å². The predicted octanol–water partition coefficient (Wildman–Crippen LogP) is 16.9. The number of fused-ring (bicyclic) bond motifs is 12. The van der Waals surface area contributed by atoms with Crippen LogP contribution in [-0.2, 0) is 11.8 Å². The maximum absolute atomic E-state index is 2.49. The van der Waals surface area contributed by atoms with Gasteiger partial charge in [0.1, 0.15) is 0 Å². The highest BCUT2D eigenvalue weighted by molar-refractivity contribution is 5.99. The van der Waals surface area contributed by atoms with E-state index >= 15 is 0 Å². The molecule has 0 saturated carbocycles. The zero-order chi connectivity index (χ0) is 44.6. The van der Waals surface area contributed by atoms with Crippen LogP contribution in [0, 0.1) is 6.92 Å². The number of hydrogen-bond donors (Lipinski definition) is 0. The zero-order valence-corrected chi connectivity index (χ0v) is 38.3. The van der Waals surface area contributed by atoms with E-state index in [1.54, 1.807) is 0 Å². The molecular weight excluding hydrogens is 809 g/mol. The third-order valence-corrected chi connectivity index (χ3v) is 15.4. The minimum atomic E-state index is -0.353. The molecule has 13 rings (SSSR count). The average Bonchev–Trinajstić information content (AvgIpc) is 3.99. The summed E-state index contributed by atoms with van der Waals surface area (Å²) >= 11 is 0. The highest BCUT2D eigenvalue weighted by Crippen LogP contribution is 2.64. The molecule has 0 radical (unpaired) electrons. The van der Waals surface area contributed by atoms with Crippen LogP contribution in [-0.4, -0.2) is 4.57 Å². The lowest BCUT2D eigenvalue weighted by Crippen LogP contribution is -2.28. The number of allylic oxidation sites excluding steroid dienone is 9. The Bertz CT molecular complexity index is 3530. The average molecular weight is 861 g/mol. The van der Waals surface area contributed by atoms with Gasteiger partial charge in [0.2, 0.25) is 0 Å². The van der Waals surface area contributed by atoms with Crippen LogP contribution in [0.1, 0.15) is 89.2 Å². The molecule has 1 heterocycles. The summed E-state index contributed by atoms with van der Waals surface area (Å²) in [6.45, 7) is 4.58. The van der Waals surface area contributed by atoms with Crippen molar-refractivity contribution in [1.29, 1.82) is 0 Å². The molecule has 5 aliphatic rings. The minimum Gasteiger partial charge on any atom is -0.317 e. The molecule has 8 aromatic rings. The molecule has 0 fully saturated rings. The molecule has 0 aliphatic heterocycles. The third-order valence-electron chi connectivity index (χ3n) is 15.4. The molecule has 0 N–H and O–H groups in total. The Hall–Kier alpha value is -7.68. The van der Waals surface area contributed by atoms with E-state index in [0.717, 1.165) is 49.9 Å². The van der Waals surface area contributed by atoms with Gasteiger partial charge >= 0.3 is 0 Å². The minimum absolute atomic E-state index is 0.353. The van der Waals surface area contributed by atoms with Gasteiger partial charge in [-0.25, -0.2) is 0 Å². The molecule has 1 aromatic heterocycles. The third kappa shape index (κ3) is 6.09. The first-order valence-electron chi connectivity index (χ1n) is 24.3. The van der Waals surface area contributed by atoms with Crippen LogP contribution in [0.15, 0.2) is 205 Å². The largest absolute Gasteiger partial charge is 0.317 e. The molecule has 67 heavy (non-hydrogen) atoms. The molecule has 0 amide bonds. The van der Waals surface area contributed by atoms with Gasteiger partial charge in [-0.1, -0.05) is 157 Å². The fourth-order valence-corrected chi connectivity index (χ4v) is 12.4. The summed E-state index contributed by atoms with van der Waals surface area (Å²) in [5, 5.41) is 1.32. The van der Waals surface area contributed by atoms with Crippen LogP contribution in [0.5, 0.6) is 0 Å². The smallest absolute Gasteiger partial charge is 0.0694 e. The molecule has 322 valence electrons. The fourth-order valence-electron chi connectivity index (χ4n) is 12.4. The van der Waals surface area contributed by atoms with E-state index in [2.05, 4.69) is 230 Å². The summed E-state index contributed by atoms with van der Waals surface area (Å²) in [6, 6.07) is 59.5. The highest BCUT2D eigenvalue weighted by atomic mass is 15.1. The number of nitrogens with zero attached hydrogens (tertiary/aromatic N) is 2. The van der Waals surface area contributed by atoms with Crippen molar-refractivity contribution < 1.29 is 0 Å². The summed E-state index contributed by atoms with van der Waals surface area (Å²) in [4.78, 5) is 2.43. The monoisotopic (exact) mass is 860 g/mol. The Labute approximate surface area is 394 Å². The van der Waals surface area contributed by atoms with Crippen LogP contribution < -0.4 is 4.90 Å². The second kappa shape index (κ2) is 15.7. The molecular formula is C65H52N2. The first-order valence-corrected chi connectivity index (χ1v) is 24.3. The number of rotatable bonds is 7. The Balaban J connectivity index is 1.00. The standard InChI is InChI=1S/C65H52N2/c1-43-17-6-7-21-51(43)52-37-35-49(41-44(52)2)66(50-36-38-57-56-25-11-15-30-62(56)67(63(57)42-50)48-33-31-46(32-34-48)45-18-4-3-5-19-45)40-39-47-20-16-26-58-55-24-10-14-29-61(55)65(64(47)58)59-27-12-8-22-53(59)54-23-9-13-28-60(54)65/h3-5,7-10,12,14-16,18-24,26-27,29-42H,6,11,13,17,25,28H2,1-2H3. The predicted molar refractivity (Wildman–Crippen MR) is 283 cm³/mol. The van der Waals surface area contributed by atoms with Gasteiger partial charge in [-0.05, 0) is 184 Å². The van der Waals surface area contributed by atoms with Gasteiger partial charge < -0.3 is 9.47 Å². The lowest BCUT2D eigenvalue weighted by molar-refractivity contribution is 0.713. The molecule has 7 aromatic carbocycles. The molecule has 2 heteroatoms. The van der Waals surface area contributed by atoms with E-state index in [4.69, 9.17) is 0 Å².